The van der Waals surface area contributed by atoms with Gasteiger partial charge >= 0.3 is 0 Å². The lowest BCUT2D eigenvalue weighted by Gasteiger charge is -2.19. The highest BCUT2D eigenvalue weighted by Crippen LogP contribution is 2.20. The Hall–Kier alpha value is -1.35. The topological polar surface area (TPSA) is 32.3 Å². The zero-order chi connectivity index (χ0) is 13.8. The summed E-state index contributed by atoms with van der Waals surface area (Å²) in [6, 6.07) is 11.5. The summed E-state index contributed by atoms with van der Waals surface area (Å²) in [5.41, 5.74) is 1.31. The summed E-state index contributed by atoms with van der Waals surface area (Å²) in [4.78, 5) is 14.1. The van der Waals surface area contributed by atoms with Gasteiger partial charge in [-0.2, -0.15) is 0 Å². The molecule has 0 aromatic heterocycles. The van der Waals surface area contributed by atoms with E-state index in [9.17, 15) is 4.79 Å². The SMILES string of the molecule is O=C1CC(NC2CCCC2)CN1CCc1ccccc1. The van der Waals surface area contributed by atoms with E-state index >= 15 is 0 Å². The van der Waals surface area contributed by atoms with Crippen molar-refractivity contribution in [3.63, 3.8) is 0 Å². The van der Waals surface area contributed by atoms with Gasteiger partial charge in [-0.1, -0.05) is 43.2 Å². The quantitative estimate of drug-likeness (QED) is 0.892. The maximum atomic E-state index is 12.1. The van der Waals surface area contributed by atoms with Crippen LogP contribution in [0.15, 0.2) is 30.3 Å². The molecule has 3 rings (SSSR count). The molecule has 1 heterocycles. The Labute approximate surface area is 121 Å². The highest BCUT2D eigenvalue weighted by molar-refractivity contribution is 5.79. The van der Waals surface area contributed by atoms with Crippen LogP contribution in [-0.4, -0.2) is 36.0 Å². The van der Waals surface area contributed by atoms with Crippen molar-refractivity contribution < 1.29 is 4.79 Å². The summed E-state index contributed by atoms with van der Waals surface area (Å²) < 4.78 is 0. The highest BCUT2D eigenvalue weighted by Gasteiger charge is 2.31. The molecule has 1 atom stereocenters. The average Bonchev–Trinajstić information content (AvgIpc) is 3.08. The van der Waals surface area contributed by atoms with Crippen LogP contribution in [0, 0.1) is 0 Å². The highest BCUT2D eigenvalue weighted by atomic mass is 16.2. The molecular formula is C17H24N2O. The molecular weight excluding hydrogens is 248 g/mol. The van der Waals surface area contributed by atoms with Gasteiger partial charge in [-0.25, -0.2) is 0 Å². The third kappa shape index (κ3) is 3.40. The number of likely N-dealkylation sites (tertiary alicyclic amines) is 1. The molecule has 1 N–H and O–H groups in total. The summed E-state index contributed by atoms with van der Waals surface area (Å²) >= 11 is 0. The molecule has 0 bridgehead atoms. The summed E-state index contributed by atoms with van der Waals surface area (Å²) in [6.07, 6.45) is 6.91. The molecule has 1 saturated heterocycles. The summed E-state index contributed by atoms with van der Waals surface area (Å²) in [6.45, 7) is 1.74. The fourth-order valence-corrected chi connectivity index (χ4v) is 3.43. The van der Waals surface area contributed by atoms with Crippen LogP contribution in [0.5, 0.6) is 0 Å². The number of rotatable bonds is 5. The Balaban J connectivity index is 1.47. The van der Waals surface area contributed by atoms with E-state index in [1.54, 1.807) is 0 Å². The first-order chi connectivity index (χ1) is 9.81. The Kier molecular flexibility index (Phi) is 4.36. The second-order valence-corrected chi connectivity index (χ2v) is 6.12. The molecule has 2 fully saturated rings. The summed E-state index contributed by atoms with van der Waals surface area (Å²) in [5, 5.41) is 3.67. The van der Waals surface area contributed by atoms with Gasteiger partial charge in [-0.3, -0.25) is 4.79 Å². The van der Waals surface area contributed by atoms with Gasteiger partial charge in [0.2, 0.25) is 5.91 Å². The normalized spacial score (nSPS) is 23.7. The van der Waals surface area contributed by atoms with E-state index in [0.717, 1.165) is 19.5 Å². The van der Waals surface area contributed by atoms with E-state index in [1.807, 2.05) is 11.0 Å². The van der Waals surface area contributed by atoms with Gasteiger partial charge in [0.15, 0.2) is 0 Å². The Morgan fingerprint density at radius 3 is 2.60 bits per heavy atom. The molecule has 108 valence electrons. The van der Waals surface area contributed by atoms with Crippen molar-refractivity contribution in [2.45, 2.75) is 50.6 Å². The summed E-state index contributed by atoms with van der Waals surface area (Å²) in [5.74, 6) is 0.316. The van der Waals surface area contributed by atoms with Crippen molar-refractivity contribution in [3.8, 4) is 0 Å². The van der Waals surface area contributed by atoms with Gasteiger partial charge < -0.3 is 10.2 Å². The fraction of sp³-hybridized carbons (Fsp3) is 0.588. The van der Waals surface area contributed by atoms with Crippen molar-refractivity contribution in [2.24, 2.45) is 0 Å². The number of nitrogens with one attached hydrogen (secondary N) is 1. The third-order valence-corrected chi connectivity index (χ3v) is 4.55. The molecule has 3 nitrogen and oxygen atoms in total. The molecule has 0 radical (unpaired) electrons. The van der Waals surface area contributed by atoms with Crippen LogP contribution in [0.2, 0.25) is 0 Å². The number of amides is 1. The van der Waals surface area contributed by atoms with E-state index in [0.29, 0.717) is 24.4 Å². The number of hydrogen-bond acceptors (Lipinski definition) is 2. The molecule has 1 amide bonds. The maximum absolute atomic E-state index is 12.1. The molecule has 3 heteroatoms. The molecule has 1 aliphatic heterocycles. The first kappa shape index (κ1) is 13.6. The van der Waals surface area contributed by atoms with Gasteiger partial charge in [0, 0.05) is 31.6 Å². The molecule has 2 aliphatic rings. The average molecular weight is 272 g/mol. The third-order valence-electron chi connectivity index (χ3n) is 4.55. The van der Waals surface area contributed by atoms with E-state index in [2.05, 4.69) is 29.6 Å². The minimum atomic E-state index is 0.316. The van der Waals surface area contributed by atoms with Crippen LogP contribution in [0.25, 0.3) is 0 Å². The Bertz CT molecular complexity index is 440. The zero-order valence-corrected chi connectivity index (χ0v) is 12.1. The van der Waals surface area contributed by atoms with Crippen LogP contribution >= 0.6 is 0 Å². The molecule has 1 unspecified atom stereocenters. The fourth-order valence-electron chi connectivity index (χ4n) is 3.43. The largest absolute Gasteiger partial charge is 0.341 e. The van der Waals surface area contributed by atoms with Crippen LogP contribution in [-0.2, 0) is 11.2 Å². The van der Waals surface area contributed by atoms with Crippen molar-refractivity contribution >= 4 is 5.91 Å². The number of carbonyl (C=O) groups is 1. The van der Waals surface area contributed by atoms with E-state index in [-0.39, 0.29) is 0 Å². The molecule has 1 aromatic rings. The zero-order valence-electron chi connectivity index (χ0n) is 12.1. The van der Waals surface area contributed by atoms with E-state index < -0.39 is 0 Å². The first-order valence-corrected chi connectivity index (χ1v) is 7.89. The van der Waals surface area contributed by atoms with E-state index in [4.69, 9.17) is 0 Å². The first-order valence-electron chi connectivity index (χ1n) is 7.89. The van der Waals surface area contributed by atoms with Crippen LogP contribution in [0.1, 0.15) is 37.7 Å². The lowest BCUT2D eigenvalue weighted by atomic mass is 10.1. The van der Waals surface area contributed by atoms with E-state index in [1.165, 1.54) is 31.2 Å². The second kappa shape index (κ2) is 6.40. The summed E-state index contributed by atoms with van der Waals surface area (Å²) in [7, 11) is 0. The van der Waals surface area contributed by atoms with Crippen LogP contribution in [0.4, 0.5) is 0 Å². The van der Waals surface area contributed by atoms with Crippen molar-refractivity contribution in [1.29, 1.82) is 0 Å². The van der Waals surface area contributed by atoms with Crippen molar-refractivity contribution in [3.05, 3.63) is 35.9 Å². The number of hydrogen-bond donors (Lipinski definition) is 1. The molecule has 20 heavy (non-hydrogen) atoms. The smallest absolute Gasteiger partial charge is 0.224 e. The van der Waals surface area contributed by atoms with Crippen LogP contribution in [0.3, 0.4) is 0 Å². The van der Waals surface area contributed by atoms with Crippen LogP contribution < -0.4 is 5.32 Å². The number of carbonyl (C=O) groups excluding carboxylic acids is 1. The lowest BCUT2D eigenvalue weighted by molar-refractivity contribution is -0.127. The van der Waals surface area contributed by atoms with Gasteiger partial charge in [0.1, 0.15) is 0 Å². The molecule has 1 aromatic carbocycles. The monoisotopic (exact) mass is 272 g/mol. The lowest BCUT2D eigenvalue weighted by Crippen LogP contribution is -2.39. The standard InChI is InChI=1S/C17H24N2O/c20-17-12-16(18-15-8-4-5-9-15)13-19(17)11-10-14-6-2-1-3-7-14/h1-3,6-7,15-16,18H,4-5,8-13H2. The minimum Gasteiger partial charge on any atom is -0.341 e. The van der Waals surface area contributed by atoms with Gasteiger partial charge in [0.25, 0.3) is 0 Å². The molecule has 0 spiro atoms. The number of benzene rings is 1. The Morgan fingerprint density at radius 1 is 1.10 bits per heavy atom. The van der Waals surface area contributed by atoms with Crippen molar-refractivity contribution in [2.75, 3.05) is 13.1 Å². The predicted molar refractivity (Wildman–Crippen MR) is 80.5 cm³/mol. The predicted octanol–water partition coefficient (Wildman–Crippen LogP) is 2.36. The molecule has 1 saturated carbocycles. The molecule has 1 aliphatic carbocycles. The van der Waals surface area contributed by atoms with Crippen molar-refractivity contribution in [1.82, 2.24) is 10.2 Å². The van der Waals surface area contributed by atoms with Gasteiger partial charge in [-0.05, 0) is 24.8 Å². The minimum absolute atomic E-state index is 0.316. The van der Waals surface area contributed by atoms with Gasteiger partial charge in [0.05, 0.1) is 0 Å². The number of nitrogens with zero attached hydrogens (tertiary/aromatic N) is 1. The maximum Gasteiger partial charge on any atom is 0.224 e. The Morgan fingerprint density at radius 2 is 1.85 bits per heavy atom. The van der Waals surface area contributed by atoms with Gasteiger partial charge in [-0.15, -0.1) is 0 Å². The second-order valence-electron chi connectivity index (χ2n) is 6.12.